The number of carbonyl (C=O) groups is 1. The molecule has 0 aliphatic rings. The maximum Gasteiger partial charge on any atom is 0.226 e. The highest BCUT2D eigenvalue weighted by Crippen LogP contribution is 2.30. The fraction of sp³-hybridized carbons (Fsp3) is 0.227. The number of rotatable bonds is 7. The molecule has 140 valence electrons. The summed E-state index contributed by atoms with van der Waals surface area (Å²) in [4.78, 5) is 12.8. The molecule has 0 bridgehead atoms. The molecule has 5 nitrogen and oxygen atoms in total. The second-order valence-electron chi connectivity index (χ2n) is 6.32. The van der Waals surface area contributed by atoms with Crippen molar-refractivity contribution >= 4 is 11.6 Å². The number of carbonyl (C=O) groups excluding carboxylic acids is 1. The van der Waals surface area contributed by atoms with Gasteiger partial charge in [0, 0.05) is 24.1 Å². The highest BCUT2D eigenvalue weighted by atomic mass is 16.5. The predicted octanol–water partition coefficient (Wildman–Crippen LogP) is 4.43. The van der Waals surface area contributed by atoms with Crippen molar-refractivity contribution in [2.45, 2.75) is 19.4 Å². The molecular formula is C22H24N2O3. The molecule has 1 atom stereocenters. The summed E-state index contributed by atoms with van der Waals surface area (Å²) in [6.07, 6.45) is 4.30. The Kier molecular flexibility index (Phi) is 5.81. The van der Waals surface area contributed by atoms with Gasteiger partial charge in [0.15, 0.2) is 11.5 Å². The topological polar surface area (TPSA) is 52.5 Å². The lowest BCUT2D eigenvalue weighted by Crippen LogP contribution is -2.20. The Morgan fingerprint density at radius 2 is 1.70 bits per heavy atom. The second kappa shape index (κ2) is 8.45. The lowest BCUT2D eigenvalue weighted by Gasteiger charge is -2.21. The number of nitrogens with zero attached hydrogens (tertiary/aromatic N) is 1. The molecule has 0 radical (unpaired) electrons. The van der Waals surface area contributed by atoms with Gasteiger partial charge in [-0.3, -0.25) is 4.79 Å². The molecule has 0 saturated heterocycles. The molecule has 0 fully saturated rings. The first-order valence-corrected chi connectivity index (χ1v) is 8.82. The number of aryl methyl sites for hydroxylation is 1. The largest absolute Gasteiger partial charge is 0.493 e. The van der Waals surface area contributed by atoms with Crippen molar-refractivity contribution in [2.75, 3.05) is 19.5 Å². The number of ether oxygens (including phenoxy) is 2. The molecule has 1 amide bonds. The fourth-order valence-electron chi connectivity index (χ4n) is 3.19. The summed E-state index contributed by atoms with van der Waals surface area (Å²) < 4.78 is 12.6. The predicted molar refractivity (Wildman–Crippen MR) is 107 cm³/mol. The Morgan fingerprint density at radius 1 is 1.00 bits per heavy atom. The van der Waals surface area contributed by atoms with Crippen LogP contribution in [0.1, 0.15) is 23.6 Å². The van der Waals surface area contributed by atoms with Gasteiger partial charge in [0.25, 0.3) is 0 Å². The summed E-state index contributed by atoms with van der Waals surface area (Å²) in [5, 5.41) is 2.96. The van der Waals surface area contributed by atoms with Crippen LogP contribution < -0.4 is 14.8 Å². The van der Waals surface area contributed by atoms with Crippen LogP contribution in [-0.2, 0) is 4.79 Å². The Morgan fingerprint density at radius 3 is 2.37 bits per heavy atom. The first-order chi connectivity index (χ1) is 13.1. The summed E-state index contributed by atoms with van der Waals surface area (Å²) >= 11 is 0. The molecule has 2 aromatic carbocycles. The third-order valence-corrected chi connectivity index (χ3v) is 4.58. The molecule has 27 heavy (non-hydrogen) atoms. The number of hydrogen-bond acceptors (Lipinski definition) is 3. The van der Waals surface area contributed by atoms with Gasteiger partial charge in [-0.2, -0.15) is 0 Å². The van der Waals surface area contributed by atoms with E-state index >= 15 is 0 Å². The monoisotopic (exact) mass is 364 g/mol. The first-order valence-electron chi connectivity index (χ1n) is 8.82. The normalized spacial score (nSPS) is 11.7. The maximum absolute atomic E-state index is 12.8. The van der Waals surface area contributed by atoms with Crippen molar-refractivity contribution in [1.82, 2.24) is 4.57 Å². The van der Waals surface area contributed by atoms with Crippen LogP contribution in [-0.4, -0.2) is 24.7 Å². The maximum atomic E-state index is 12.8. The SMILES string of the molecule is COc1ccc(NC(=O)C[C@@H](c2ccccc2C)n2cccc2)cc1OC. The molecule has 3 aromatic rings. The van der Waals surface area contributed by atoms with Crippen LogP contribution in [0, 0.1) is 6.92 Å². The number of hydrogen-bond donors (Lipinski definition) is 1. The van der Waals surface area contributed by atoms with Crippen molar-refractivity contribution in [3.8, 4) is 11.5 Å². The van der Waals surface area contributed by atoms with Gasteiger partial charge in [0.1, 0.15) is 0 Å². The van der Waals surface area contributed by atoms with Gasteiger partial charge >= 0.3 is 0 Å². The average Bonchev–Trinajstić information content (AvgIpc) is 3.21. The molecule has 1 aromatic heterocycles. The van der Waals surface area contributed by atoms with Gasteiger partial charge in [0.05, 0.1) is 26.7 Å². The van der Waals surface area contributed by atoms with E-state index < -0.39 is 0 Å². The smallest absolute Gasteiger partial charge is 0.226 e. The number of nitrogens with one attached hydrogen (secondary N) is 1. The first kappa shape index (κ1) is 18.6. The summed E-state index contributed by atoms with van der Waals surface area (Å²) in [6, 6.07) is 17.4. The molecule has 3 rings (SSSR count). The molecule has 1 N–H and O–H groups in total. The Labute approximate surface area is 159 Å². The molecule has 1 heterocycles. The summed E-state index contributed by atoms with van der Waals surface area (Å²) in [5.74, 6) is 1.14. The molecule has 0 aliphatic heterocycles. The molecule has 0 aliphatic carbocycles. The van der Waals surface area contributed by atoms with Gasteiger partial charge in [-0.15, -0.1) is 0 Å². The van der Waals surface area contributed by atoms with Crippen LogP contribution in [0.3, 0.4) is 0 Å². The zero-order valence-electron chi connectivity index (χ0n) is 15.8. The standard InChI is InChI=1S/C22H24N2O3/c1-16-8-4-5-9-18(16)19(24-12-6-7-13-24)15-22(25)23-17-10-11-20(26-2)21(14-17)27-3/h4-14,19H,15H2,1-3H3,(H,23,25)/t19-/m0/s1. The number of anilines is 1. The quantitative estimate of drug-likeness (QED) is 0.675. The van der Waals surface area contributed by atoms with Gasteiger partial charge in [-0.05, 0) is 42.3 Å². The van der Waals surface area contributed by atoms with Crippen LogP contribution in [0.15, 0.2) is 67.0 Å². The number of aromatic nitrogens is 1. The third-order valence-electron chi connectivity index (χ3n) is 4.58. The average molecular weight is 364 g/mol. The van der Waals surface area contributed by atoms with Gasteiger partial charge in [-0.25, -0.2) is 0 Å². The summed E-state index contributed by atoms with van der Waals surface area (Å²) in [6.45, 7) is 2.07. The van der Waals surface area contributed by atoms with E-state index in [1.807, 2.05) is 36.7 Å². The van der Waals surface area contributed by atoms with E-state index in [-0.39, 0.29) is 11.9 Å². The van der Waals surface area contributed by atoms with E-state index in [4.69, 9.17) is 9.47 Å². The Bertz CT molecular complexity index is 904. The number of benzene rings is 2. The van der Waals surface area contributed by atoms with Gasteiger partial charge < -0.3 is 19.4 Å². The molecule has 0 spiro atoms. The highest BCUT2D eigenvalue weighted by molar-refractivity contribution is 5.91. The van der Waals surface area contributed by atoms with Crippen molar-refractivity contribution in [2.24, 2.45) is 0 Å². The van der Waals surface area contributed by atoms with Crippen LogP contribution in [0.2, 0.25) is 0 Å². The zero-order valence-corrected chi connectivity index (χ0v) is 15.8. The van der Waals surface area contributed by atoms with E-state index in [1.165, 1.54) is 0 Å². The summed E-state index contributed by atoms with van der Waals surface area (Å²) in [5.41, 5.74) is 2.97. The minimum absolute atomic E-state index is 0.0656. The van der Waals surface area contributed by atoms with Crippen LogP contribution in [0.25, 0.3) is 0 Å². The highest BCUT2D eigenvalue weighted by Gasteiger charge is 2.19. The Hall–Kier alpha value is -3.21. The van der Waals surface area contributed by atoms with E-state index in [9.17, 15) is 4.79 Å². The zero-order chi connectivity index (χ0) is 19.2. The molecule has 5 heteroatoms. The lowest BCUT2D eigenvalue weighted by atomic mass is 9.98. The van der Waals surface area contributed by atoms with Crippen LogP contribution in [0.4, 0.5) is 5.69 Å². The number of amides is 1. The lowest BCUT2D eigenvalue weighted by molar-refractivity contribution is -0.116. The Balaban J connectivity index is 1.80. The minimum atomic E-state index is -0.0682. The van der Waals surface area contributed by atoms with Crippen molar-refractivity contribution in [1.29, 1.82) is 0 Å². The van der Waals surface area contributed by atoms with Crippen LogP contribution in [0.5, 0.6) is 11.5 Å². The third kappa shape index (κ3) is 4.31. The minimum Gasteiger partial charge on any atom is -0.493 e. The van der Waals surface area contributed by atoms with E-state index in [1.54, 1.807) is 32.4 Å². The molecule has 0 saturated carbocycles. The second-order valence-corrected chi connectivity index (χ2v) is 6.32. The molecule has 0 unspecified atom stereocenters. The van der Waals surface area contributed by atoms with E-state index in [0.717, 1.165) is 11.1 Å². The number of methoxy groups -OCH3 is 2. The van der Waals surface area contributed by atoms with E-state index in [2.05, 4.69) is 28.9 Å². The van der Waals surface area contributed by atoms with Crippen molar-refractivity contribution < 1.29 is 14.3 Å². The fourth-order valence-corrected chi connectivity index (χ4v) is 3.19. The van der Waals surface area contributed by atoms with Crippen molar-refractivity contribution in [3.63, 3.8) is 0 Å². The summed E-state index contributed by atoms with van der Waals surface area (Å²) in [7, 11) is 3.16. The van der Waals surface area contributed by atoms with E-state index in [0.29, 0.717) is 23.6 Å². The van der Waals surface area contributed by atoms with Crippen molar-refractivity contribution in [3.05, 3.63) is 78.1 Å². The van der Waals surface area contributed by atoms with Gasteiger partial charge in [-0.1, -0.05) is 24.3 Å². The molecular weight excluding hydrogens is 340 g/mol. The van der Waals surface area contributed by atoms with Crippen LogP contribution >= 0.6 is 0 Å². The van der Waals surface area contributed by atoms with Gasteiger partial charge in [0.2, 0.25) is 5.91 Å².